The number of alkyl halides is 4. The van der Waals surface area contributed by atoms with E-state index >= 15 is 0 Å². The summed E-state index contributed by atoms with van der Waals surface area (Å²) >= 11 is 0. The summed E-state index contributed by atoms with van der Waals surface area (Å²) in [6, 6.07) is 18.1. The summed E-state index contributed by atoms with van der Waals surface area (Å²) in [4.78, 5) is 0. The van der Waals surface area contributed by atoms with Gasteiger partial charge < -0.3 is 14.9 Å². The second kappa shape index (κ2) is 10.5. The molecule has 31 heavy (non-hydrogen) atoms. The van der Waals surface area contributed by atoms with E-state index in [0.717, 1.165) is 23.5 Å². The Balaban J connectivity index is 0.00000160. The Labute approximate surface area is 199 Å². The summed E-state index contributed by atoms with van der Waals surface area (Å²) in [6.45, 7) is 3.93. The first kappa shape index (κ1) is 28.4. The molecule has 0 aromatic heterocycles. The van der Waals surface area contributed by atoms with E-state index in [1.165, 1.54) is 0 Å². The molecule has 0 N–H and O–H groups in total. The van der Waals surface area contributed by atoms with Crippen LogP contribution in [0.4, 0.5) is 17.6 Å². The predicted octanol–water partition coefficient (Wildman–Crippen LogP) is 7.03. The quantitative estimate of drug-likeness (QED) is 0.163. The van der Waals surface area contributed by atoms with Crippen LogP contribution >= 0.6 is 15.8 Å². The van der Waals surface area contributed by atoms with Crippen LogP contribution in [0.15, 0.2) is 71.3 Å². The third-order valence-corrected chi connectivity index (χ3v) is 13.0. The number of hydrogen-bond acceptors (Lipinski definition) is 0. The van der Waals surface area contributed by atoms with Crippen LogP contribution in [-0.4, -0.2) is 23.2 Å². The number of rotatable bonds is 4. The van der Waals surface area contributed by atoms with Crippen molar-refractivity contribution in [3.8, 4) is 0 Å². The summed E-state index contributed by atoms with van der Waals surface area (Å²) in [5.41, 5.74) is 0.198. The fraction of sp³-hybridized carbons (Fsp3) is 0.333. The zero-order valence-electron chi connectivity index (χ0n) is 18.2. The molecule has 1 aliphatic heterocycles. The fourth-order valence-electron chi connectivity index (χ4n) is 4.63. The fourth-order valence-corrected chi connectivity index (χ4v) is 12.2. The monoisotopic (exact) mass is 559 g/mol. The topological polar surface area (TPSA) is 0 Å². The van der Waals surface area contributed by atoms with Crippen LogP contribution in [0.1, 0.15) is 26.7 Å². The molecule has 0 amide bonds. The van der Waals surface area contributed by atoms with Crippen LogP contribution in [0.3, 0.4) is 0 Å². The molecule has 1 saturated heterocycles. The third-order valence-electron chi connectivity index (χ3n) is 6.03. The van der Waals surface area contributed by atoms with Crippen molar-refractivity contribution in [3.05, 3.63) is 86.1 Å². The standard InChI is InChI=1S/C22H22F4P2.2CH3.Rh/c1-15-13-14-16(2)27(15)19-20(22(25,26)21(19,23)24)28(17-9-5-3-6-10-17)18-11-7-4-8-12-18;;;/h3-12,15-16H,13-14H2,1-2H3;2*1H3;/q;2*-1;+2/p+2/t15-,16-;;;/m1.../s1. The molecular formula is C24H30F4P2Rh+2. The van der Waals surface area contributed by atoms with Gasteiger partial charge in [0, 0.05) is 7.92 Å². The molecule has 2 aromatic carbocycles. The van der Waals surface area contributed by atoms with Crippen molar-refractivity contribution in [2.45, 2.75) is 49.9 Å². The number of allylic oxidation sites excluding steroid dienone is 2. The molecule has 1 aliphatic carbocycles. The summed E-state index contributed by atoms with van der Waals surface area (Å²) in [7, 11) is -3.89. The van der Waals surface area contributed by atoms with E-state index in [1.807, 2.05) is 26.0 Å². The average molecular weight is 559 g/mol. The Bertz CT molecular complexity index is 837. The van der Waals surface area contributed by atoms with Gasteiger partial charge in [-0.15, -0.1) is 0 Å². The molecule has 2 atom stereocenters. The Morgan fingerprint density at radius 1 is 0.742 bits per heavy atom. The summed E-state index contributed by atoms with van der Waals surface area (Å²) in [5.74, 6) is -8.08. The van der Waals surface area contributed by atoms with Crippen LogP contribution < -0.4 is 10.6 Å². The van der Waals surface area contributed by atoms with Crippen LogP contribution in [0.5, 0.6) is 0 Å². The first-order chi connectivity index (χ1) is 13.3. The van der Waals surface area contributed by atoms with Crippen LogP contribution in [0.25, 0.3) is 0 Å². The van der Waals surface area contributed by atoms with Crippen LogP contribution in [0, 0.1) is 14.9 Å². The molecule has 4 rings (SSSR count). The number of hydrogen-bond donors (Lipinski definition) is 0. The maximum absolute atomic E-state index is 15.0. The third kappa shape index (κ3) is 4.58. The second-order valence-corrected chi connectivity index (χ2v) is 13.6. The Morgan fingerprint density at radius 3 is 1.52 bits per heavy atom. The molecule has 1 fully saturated rings. The molecular weight excluding hydrogens is 529 g/mol. The van der Waals surface area contributed by atoms with Gasteiger partial charge in [-0.2, -0.15) is 17.6 Å². The van der Waals surface area contributed by atoms with Gasteiger partial charge in [-0.25, -0.2) is 0 Å². The molecule has 2 aliphatic rings. The average Bonchev–Trinajstić information content (AvgIpc) is 3.01. The van der Waals surface area contributed by atoms with Gasteiger partial charge in [0.2, 0.25) is 0 Å². The molecule has 0 spiro atoms. The van der Waals surface area contributed by atoms with E-state index < -0.39 is 27.7 Å². The van der Waals surface area contributed by atoms with E-state index in [9.17, 15) is 17.6 Å². The van der Waals surface area contributed by atoms with Gasteiger partial charge in [-0.3, -0.25) is 0 Å². The Kier molecular flexibility index (Phi) is 9.66. The van der Waals surface area contributed by atoms with E-state index in [4.69, 9.17) is 0 Å². The van der Waals surface area contributed by atoms with Gasteiger partial charge in [0.05, 0.1) is 11.3 Å². The molecule has 7 heteroatoms. The van der Waals surface area contributed by atoms with Crippen LogP contribution in [0.2, 0.25) is 0 Å². The van der Waals surface area contributed by atoms with Gasteiger partial charge >= 0.3 is 31.3 Å². The van der Waals surface area contributed by atoms with Crippen LogP contribution in [-0.2, 0) is 19.5 Å². The van der Waals surface area contributed by atoms with Gasteiger partial charge in [0.15, 0.2) is 10.6 Å². The predicted molar refractivity (Wildman–Crippen MR) is 127 cm³/mol. The summed E-state index contributed by atoms with van der Waals surface area (Å²) in [5, 5.41) is 1.07. The number of halogens is 4. The van der Waals surface area contributed by atoms with Crippen molar-refractivity contribution in [2.24, 2.45) is 0 Å². The largest absolute Gasteiger partial charge is 2.00 e. The SMILES string of the molecule is C[C@@H]1CC[C@@H](C)[PH+]1C1=C([PH+](c2ccccc2)c2ccccc2)C(F)(F)C1(F)F.[CH3-].[CH3-].[Rh+2]. The van der Waals surface area contributed by atoms with Gasteiger partial charge in [-0.05, 0) is 51.0 Å². The first-order valence-corrected chi connectivity index (χ1v) is 12.8. The van der Waals surface area contributed by atoms with Gasteiger partial charge in [-0.1, -0.05) is 36.4 Å². The normalized spacial score (nSPS) is 24.0. The molecule has 1 radical (unpaired) electrons. The zero-order chi connectivity index (χ0) is 20.1. The maximum atomic E-state index is 15.0. The Hall–Kier alpha value is -0.617. The van der Waals surface area contributed by atoms with Crippen molar-refractivity contribution in [3.63, 3.8) is 0 Å². The molecule has 0 saturated carbocycles. The minimum Gasteiger partial charge on any atom is -0.358 e. The zero-order valence-corrected chi connectivity index (χ0v) is 21.8. The molecule has 0 unspecified atom stereocenters. The molecule has 0 bridgehead atoms. The van der Waals surface area contributed by atoms with E-state index in [0.29, 0.717) is 0 Å². The first-order valence-electron chi connectivity index (χ1n) is 9.63. The van der Waals surface area contributed by atoms with Crippen molar-refractivity contribution < 1.29 is 37.0 Å². The van der Waals surface area contributed by atoms with E-state index in [1.54, 1.807) is 48.5 Å². The molecule has 1 heterocycles. The van der Waals surface area contributed by atoms with Gasteiger partial charge in [0.25, 0.3) is 0 Å². The van der Waals surface area contributed by atoms with E-state index in [2.05, 4.69) is 0 Å². The van der Waals surface area contributed by atoms with Crippen molar-refractivity contribution in [2.75, 3.05) is 0 Å². The van der Waals surface area contributed by atoms with Crippen molar-refractivity contribution >= 4 is 26.5 Å². The maximum Gasteiger partial charge on any atom is 2.00 e. The molecule has 2 aromatic rings. The van der Waals surface area contributed by atoms with Gasteiger partial charge in [0.1, 0.15) is 18.5 Å². The summed E-state index contributed by atoms with van der Waals surface area (Å²) in [6.07, 6.45) is 1.71. The Morgan fingerprint density at radius 2 is 1.13 bits per heavy atom. The second-order valence-electron chi connectivity index (χ2n) is 7.84. The molecule has 0 nitrogen and oxygen atoms in total. The van der Waals surface area contributed by atoms with Crippen molar-refractivity contribution in [1.82, 2.24) is 0 Å². The smallest absolute Gasteiger partial charge is 0.358 e. The summed E-state index contributed by atoms with van der Waals surface area (Å²) < 4.78 is 59.7. The minimum atomic E-state index is -4.07. The van der Waals surface area contributed by atoms with E-state index in [-0.39, 0.29) is 56.3 Å². The minimum absolute atomic E-state index is 0. The van der Waals surface area contributed by atoms with Crippen molar-refractivity contribution in [1.29, 1.82) is 0 Å². The number of benzene rings is 2. The molecule has 171 valence electrons.